The SMILES string of the molecule is CCC(=O)N1CCN(c2ccc(-c3ccccc3OC)nn2)CC1. The third kappa shape index (κ3) is 3.32. The summed E-state index contributed by atoms with van der Waals surface area (Å²) < 4.78 is 5.38. The van der Waals surface area contributed by atoms with Crippen molar-refractivity contribution < 1.29 is 9.53 Å². The molecule has 0 spiro atoms. The van der Waals surface area contributed by atoms with Gasteiger partial charge in [-0.2, -0.15) is 0 Å². The molecule has 6 nitrogen and oxygen atoms in total. The molecule has 0 unspecified atom stereocenters. The number of piperazine rings is 1. The van der Waals surface area contributed by atoms with Gasteiger partial charge in [0.15, 0.2) is 5.82 Å². The molecule has 1 aliphatic heterocycles. The van der Waals surface area contributed by atoms with Gasteiger partial charge in [0.25, 0.3) is 0 Å². The number of hydrogen-bond donors (Lipinski definition) is 0. The van der Waals surface area contributed by atoms with E-state index in [2.05, 4.69) is 15.1 Å². The minimum atomic E-state index is 0.215. The average molecular weight is 326 g/mol. The first-order valence-corrected chi connectivity index (χ1v) is 8.22. The van der Waals surface area contributed by atoms with Gasteiger partial charge in [-0.1, -0.05) is 19.1 Å². The van der Waals surface area contributed by atoms with Crippen LogP contribution in [-0.2, 0) is 4.79 Å². The number of methoxy groups -OCH3 is 1. The Bertz CT molecular complexity index is 694. The Labute approximate surface area is 142 Å². The topological polar surface area (TPSA) is 58.6 Å². The Morgan fingerprint density at radius 3 is 2.46 bits per heavy atom. The molecule has 2 aromatic rings. The number of benzene rings is 1. The average Bonchev–Trinajstić information content (AvgIpc) is 2.67. The molecule has 0 bridgehead atoms. The number of anilines is 1. The van der Waals surface area contributed by atoms with E-state index in [0.717, 1.165) is 49.0 Å². The number of carbonyl (C=O) groups excluding carboxylic acids is 1. The zero-order chi connectivity index (χ0) is 16.9. The molecule has 1 aromatic heterocycles. The second-order valence-corrected chi connectivity index (χ2v) is 5.70. The van der Waals surface area contributed by atoms with Crippen LogP contribution in [0.15, 0.2) is 36.4 Å². The minimum Gasteiger partial charge on any atom is -0.496 e. The molecule has 0 aliphatic carbocycles. The van der Waals surface area contributed by atoms with Crippen molar-refractivity contribution in [3.8, 4) is 17.0 Å². The molecule has 1 fully saturated rings. The summed E-state index contributed by atoms with van der Waals surface area (Å²) in [7, 11) is 1.65. The zero-order valence-corrected chi connectivity index (χ0v) is 14.1. The summed E-state index contributed by atoms with van der Waals surface area (Å²) in [6, 6.07) is 11.7. The fourth-order valence-corrected chi connectivity index (χ4v) is 2.90. The van der Waals surface area contributed by atoms with Gasteiger partial charge in [-0.3, -0.25) is 4.79 Å². The monoisotopic (exact) mass is 326 g/mol. The Kier molecular flexibility index (Phi) is 4.93. The van der Waals surface area contributed by atoms with E-state index in [1.54, 1.807) is 7.11 Å². The van der Waals surface area contributed by atoms with Crippen molar-refractivity contribution in [1.82, 2.24) is 15.1 Å². The van der Waals surface area contributed by atoms with Crippen LogP contribution in [0.3, 0.4) is 0 Å². The van der Waals surface area contributed by atoms with Gasteiger partial charge >= 0.3 is 0 Å². The molecule has 0 saturated carbocycles. The van der Waals surface area contributed by atoms with Crippen molar-refractivity contribution in [2.75, 3.05) is 38.2 Å². The summed E-state index contributed by atoms with van der Waals surface area (Å²) in [5.41, 5.74) is 1.72. The molecule has 0 N–H and O–H groups in total. The number of ether oxygens (including phenoxy) is 1. The molecule has 1 aliphatic rings. The van der Waals surface area contributed by atoms with Crippen LogP contribution in [0.1, 0.15) is 13.3 Å². The second kappa shape index (κ2) is 7.29. The van der Waals surface area contributed by atoms with Gasteiger partial charge in [-0.05, 0) is 24.3 Å². The molecular weight excluding hydrogens is 304 g/mol. The van der Waals surface area contributed by atoms with Gasteiger partial charge in [0.1, 0.15) is 5.75 Å². The number of rotatable bonds is 4. The van der Waals surface area contributed by atoms with Gasteiger partial charge in [-0.15, -0.1) is 10.2 Å². The van der Waals surface area contributed by atoms with E-state index in [-0.39, 0.29) is 5.91 Å². The molecule has 2 heterocycles. The maximum Gasteiger partial charge on any atom is 0.222 e. The van der Waals surface area contributed by atoms with E-state index in [4.69, 9.17) is 4.74 Å². The Balaban J connectivity index is 1.71. The number of nitrogens with zero attached hydrogens (tertiary/aromatic N) is 4. The quantitative estimate of drug-likeness (QED) is 0.862. The van der Waals surface area contributed by atoms with Crippen molar-refractivity contribution in [1.29, 1.82) is 0 Å². The summed E-state index contributed by atoms with van der Waals surface area (Å²) in [5.74, 6) is 1.84. The first-order valence-electron chi connectivity index (χ1n) is 8.22. The first kappa shape index (κ1) is 16.2. The second-order valence-electron chi connectivity index (χ2n) is 5.70. The molecule has 1 saturated heterocycles. The van der Waals surface area contributed by atoms with Crippen molar-refractivity contribution in [2.24, 2.45) is 0 Å². The predicted octanol–water partition coefficient (Wildman–Crippen LogP) is 2.21. The highest BCUT2D eigenvalue weighted by molar-refractivity contribution is 5.76. The molecule has 0 radical (unpaired) electrons. The lowest BCUT2D eigenvalue weighted by Gasteiger charge is -2.35. The van der Waals surface area contributed by atoms with Gasteiger partial charge < -0.3 is 14.5 Å². The first-order chi connectivity index (χ1) is 11.7. The Morgan fingerprint density at radius 1 is 1.08 bits per heavy atom. The van der Waals surface area contributed by atoms with Crippen LogP contribution >= 0.6 is 0 Å². The van der Waals surface area contributed by atoms with Crippen molar-refractivity contribution >= 4 is 11.7 Å². The van der Waals surface area contributed by atoms with Gasteiger partial charge in [0.2, 0.25) is 5.91 Å². The number of carbonyl (C=O) groups is 1. The van der Waals surface area contributed by atoms with Gasteiger partial charge in [0, 0.05) is 38.2 Å². The molecule has 1 amide bonds. The largest absolute Gasteiger partial charge is 0.496 e. The Hall–Kier alpha value is -2.63. The van der Waals surface area contributed by atoms with E-state index in [1.807, 2.05) is 48.2 Å². The third-order valence-corrected chi connectivity index (χ3v) is 4.29. The minimum absolute atomic E-state index is 0.215. The van der Waals surface area contributed by atoms with Crippen molar-refractivity contribution in [2.45, 2.75) is 13.3 Å². The van der Waals surface area contributed by atoms with Crippen LogP contribution in [0.4, 0.5) is 5.82 Å². The summed E-state index contributed by atoms with van der Waals surface area (Å²) in [4.78, 5) is 15.8. The number of amides is 1. The predicted molar refractivity (Wildman–Crippen MR) is 93.1 cm³/mol. The van der Waals surface area contributed by atoms with Crippen LogP contribution in [-0.4, -0.2) is 54.3 Å². The maximum absolute atomic E-state index is 11.7. The smallest absolute Gasteiger partial charge is 0.222 e. The number of hydrogen-bond acceptors (Lipinski definition) is 5. The fraction of sp³-hybridized carbons (Fsp3) is 0.389. The summed E-state index contributed by atoms with van der Waals surface area (Å²) >= 11 is 0. The molecular formula is C18H22N4O2. The van der Waals surface area contributed by atoms with Crippen LogP contribution < -0.4 is 9.64 Å². The molecule has 6 heteroatoms. The summed E-state index contributed by atoms with van der Waals surface area (Å²) in [5, 5.41) is 8.71. The highest BCUT2D eigenvalue weighted by Crippen LogP contribution is 2.28. The molecule has 3 rings (SSSR count). The lowest BCUT2D eigenvalue weighted by Crippen LogP contribution is -2.48. The van der Waals surface area contributed by atoms with Crippen LogP contribution in [0.5, 0.6) is 5.75 Å². The summed E-state index contributed by atoms with van der Waals surface area (Å²) in [6.07, 6.45) is 0.563. The molecule has 1 aromatic carbocycles. The zero-order valence-electron chi connectivity index (χ0n) is 14.1. The molecule has 24 heavy (non-hydrogen) atoms. The number of para-hydroxylation sites is 1. The van der Waals surface area contributed by atoms with E-state index in [9.17, 15) is 4.79 Å². The highest BCUT2D eigenvalue weighted by atomic mass is 16.5. The highest BCUT2D eigenvalue weighted by Gasteiger charge is 2.21. The van der Waals surface area contributed by atoms with E-state index < -0.39 is 0 Å². The summed E-state index contributed by atoms with van der Waals surface area (Å²) in [6.45, 7) is 4.95. The van der Waals surface area contributed by atoms with E-state index in [0.29, 0.717) is 6.42 Å². The fourth-order valence-electron chi connectivity index (χ4n) is 2.90. The normalized spacial score (nSPS) is 14.6. The standard InChI is InChI=1S/C18H22N4O2/c1-3-18(23)22-12-10-21(11-13-22)17-9-8-15(19-20-17)14-6-4-5-7-16(14)24-2/h4-9H,3,10-13H2,1-2H3. The van der Waals surface area contributed by atoms with E-state index >= 15 is 0 Å². The van der Waals surface area contributed by atoms with Crippen LogP contribution in [0.25, 0.3) is 11.3 Å². The number of aromatic nitrogens is 2. The lowest BCUT2D eigenvalue weighted by molar-refractivity contribution is -0.131. The third-order valence-electron chi connectivity index (χ3n) is 4.29. The van der Waals surface area contributed by atoms with E-state index in [1.165, 1.54) is 0 Å². The van der Waals surface area contributed by atoms with Crippen molar-refractivity contribution in [3.05, 3.63) is 36.4 Å². The van der Waals surface area contributed by atoms with Gasteiger partial charge in [-0.25, -0.2) is 0 Å². The molecule has 126 valence electrons. The van der Waals surface area contributed by atoms with Crippen molar-refractivity contribution in [3.63, 3.8) is 0 Å². The van der Waals surface area contributed by atoms with Gasteiger partial charge in [0.05, 0.1) is 12.8 Å². The van der Waals surface area contributed by atoms with Crippen LogP contribution in [0.2, 0.25) is 0 Å². The maximum atomic E-state index is 11.7. The molecule has 0 atom stereocenters. The Morgan fingerprint density at radius 2 is 1.83 bits per heavy atom. The van der Waals surface area contributed by atoms with Crippen LogP contribution in [0, 0.1) is 0 Å². The lowest BCUT2D eigenvalue weighted by atomic mass is 10.1.